The number of amides is 1. The maximum absolute atomic E-state index is 12.2. The first-order valence-corrected chi connectivity index (χ1v) is 8.52. The first-order chi connectivity index (χ1) is 9.59. The van der Waals surface area contributed by atoms with E-state index < -0.39 is 12.0 Å². The van der Waals surface area contributed by atoms with Crippen LogP contribution in [0.2, 0.25) is 0 Å². The van der Waals surface area contributed by atoms with Crippen LogP contribution in [0.1, 0.15) is 5.56 Å². The average molecular weight is 311 g/mol. The molecular formula is C14H17NO3S2. The Kier molecular flexibility index (Phi) is 5.37. The summed E-state index contributed by atoms with van der Waals surface area (Å²) < 4.78 is 0. The van der Waals surface area contributed by atoms with Gasteiger partial charge in [-0.3, -0.25) is 4.79 Å². The van der Waals surface area contributed by atoms with Gasteiger partial charge in [0.15, 0.2) is 0 Å². The van der Waals surface area contributed by atoms with E-state index >= 15 is 0 Å². The Hall–Kier alpha value is -1.14. The highest BCUT2D eigenvalue weighted by molar-refractivity contribution is 8.00. The zero-order valence-electron chi connectivity index (χ0n) is 11.2. The topological polar surface area (TPSA) is 57.6 Å². The molecule has 1 aromatic carbocycles. The molecule has 20 heavy (non-hydrogen) atoms. The van der Waals surface area contributed by atoms with Gasteiger partial charge in [-0.1, -0.05) is 18.2 Å². The minimum atomic E-state index is -0.911. The van der Waals surface area contributed by atoms with Crippen molar-refractivity contribution < 1.29 is 14.7 Å². The third-order valence-electron chi connectivity index (χ3n) is 3.18. The van der Waals surface area contributed by atoms with Gasteiger partial charge in [0.2, 0.25) is 5.91 Å². The molecule has 4 nitrogen and oxygen atoms in total. The lowest BCUT2D eigenvalue weighted by Crippen LogP contribution is -2.50. The maximum atomic E-state index is 12.2. The smallest absolute Gasteiger partial charge is 0.327 e. The highest BCUT2D eigenvalue weighted by atomic mass is 32.2. The SMILES string of the molecule is Cc1ccccc1SCC(=O)N1CCSCC1C(=O)O. The molecule has 0 aromatic heterocycles. The van der Waals surface area contributed by atoms with E-state index in [4.69, 9.17) is 0 Å². The van der Waals surface area contributed by atoms with Gasteiger partial charge in [-0.25, -0.2) is 4.79 Å². The molecule has 0 saturated carbocycles. The lowest BCUT2D eigenvalue weighted by atomic mass is 10.2. The molecule has 1 aliphatic rings. The van der Waals surface area contributed by atoms with Crippen molar-refractivity contribution in [1.82, 2.24) is 4.90 Å². The van der Waals surface area contributed by atoms with E-state index in [0.29, 0.717) is 18.1 Å². The summed E-state index contributed by atoms with van der Waals surface area (Å²) in [6.07, 6.45) is 0. The Morgan fingerprint density at radius 3 is 2.90 bits per heavy atom. The van der Waals surface area contributed by atoms with Crippen LogP contribution in [0, 0.1) is 6.92 Å². The zero-order chi connectivity index (χ0) is 14.5. The van der Waals surface area contributed by atoms with Crippen LogP contribution in [-0.2, 0) is 9.59 Å². The summed E-state index contributed by atoms with van der Waals surface area (Å²) in [7, 11) is 0. The summed E-state index contributed by atoms with van der Waals surface area (Å²) >= 11 is 3.06. The van der Waals surface area contributed by atoms with Crippen LogP contribution in [0.4, 0.5) is 0 Å². The molecule has 1 atom stereocenters. The van der Waals surface area contributed by atoms with Gasteiger partial charge >= 0.3 is 5.97 Å². The fourth-order valence-corrected chi connectivity index (χ4v) is 4.00. The quantitative estimate of drug-likeness (QED) is 0.863. The van der Waals surface area contributed by atoms with Crippen molar-refractivity contribution in [3.8, 4) is 0 Å². The van der Waals surface area contributed by atoms with E-state index in [2.05, 4.69) is 0 Å². The molecular weight excluding hydrogens is 294 g/mol. The number of rotatable bonds is 4. The molecule has 1 saturated heterocycles. The zero-order valence-corrected chi connectivity index (χ0v) is 12.9. The Morgan fingerprint density at radius 1 is 1.45 bits per heavy atom. The van der Waals surface area contributed by atoms with E-state index in [0.717, 1.165) is 16.2 Å². The van der Waals surface area contributed by atoms with Crippen molar-refractivity contribution >= 4 is 35.4 Å². The van der Waals surface area contributed by atoms with Crippen molar-refractivity contribution in [2.45, 2.75) is 17.9 Å². The van der Waals surface area contributed by atoms with Crippen molar-refractivity contribution in [1.29, 1.82) is 0 Å². The minimum Gasteiger partial charge on any atom is -0.480 e. The summed E-state index contributed by atoms with van der Waals surface area (Å²) in [4.78, 5) is 26.0. The molecule has 1 N–H and O–H groups in total. The fraction of sp³-hybridized carbons (Fsp3) is 0.429. The standard InChI is InChI=1S/C14H17NO3S2/c1-10-4-2-3-5-12(10)20-9-13(16)15-6-7-19-8-11(15)14(17)18/h2-5,11H,6-9H2,1H3,(H,17,18). The molecule has 1 aliphatic heterocycles. The second-order valence-corrected chi connectivity index (χ2v) is 6.74. The van der Waals surface area contributed by atoms with Crippen LogP contribution in [0.5, 0.6) is 0 Å². The number of carbonyl (C=O) groups excluding carboxylic acids is 1. The molecule has 1 unspecified atom stereocenters. The number of aryl methyl sites for hydroxylation is 1. The molecule has 1 heterocycles. The number of nitrogens with zero attached hydrogens (tertiary/aromatic N) is 1. The summed E-state index contributed by atoms with van der Waals surface area (Å²) in [5, 5.41) is 9.17. The predicted molar refractivity (Wildman–Crippen MR) is 82.4 cm³/mol. The lowest BCUT2D eigenvalue weighted by Gasteiger charge is -2.32. The second kappa shape index (κ2) is 7.04. The van der Waals surface area contributed by atoms with Crippen LogP contribution in [0.3, 0.4) is 0 Å². The Bertz CT molecular complexity index is 507. The lowest BCUT2D eigenvalue weighted by molar-refractivity contribution is -0.148. The predicted octanol–water partition coefficient (Wildman–Crippen LogP) is 2.12. The molecule has 0 radical (unpaired) electrons. The van der Waals surface area contributed by atoms with Gasteiger partial charge in [-0.15, -0.1) is 11.8 Å². The monoisotopic (exact) mass is 311 g/mol. The number of carboxylic acids is 1. The van der Waals surface area contributed by atoms with Gasteiger partial charge in [-0.2, -0.15) is 11.8 Å². The molecule has 2 rings (SSSR count). The Labute approximate surface area is 126 Å². The molecule has 1 fully saturated rings. The van der Waals surface area contributed by atoms with Crippen LogP contribution in [0.25, 0.3) is 0 Å². The van der Waals surface area contributed by atoms with E-state index in [1.165, 1.54) is 16.7 Å². The Morgan fingerprint density at radius 2 is 2.20 bits per heavy atom. The molecule has 0 spiro atoms. The highest BCUT2D eigenvalue weighted by Crippen LogP contribution is 2.24. The van der Waals surface area contributed by atoms with Gasteiger partial charge in [0.1, 0.15) is 6.04 Å². The number of benzene rings is 1. The normalized spacial score (nSPS) is 18.9. The van der Waals surface area contributed by atoms with Gasteiger partial charge in [-0.05, 0) is 18.6 Å². The number of aliphatic carboxylic acids is 1. The van der Waals surface area contributed by atoms with Gasteiger partial charge in [0.25, 0.3) is 0 Å². The third-order valence-corrected chi connectivity index (χ3v) is 5.36. The average Bonchev–Trinajstić information content (AvgIpc) is 2.46. The van der Waals surface area contributed by atoms with E-state index in [1.807, 2.05) is 31.2 Å². The summed E-state index contributed by atoms with van der Waals surface area (Å²) in [5.74, 6) is 0.581. The molecule has 0 aliphatic carbocycles. The molecule has 1 aromatic rings. The number of carbonyl (C=O) groups is 2. The maximum Gasteiger partial charge on any atom is 0.327 e. The summed E-state index contributed by atoms with van der Waals surface area (Å²) in [6, 6.07) is 7.21. The van der Waals surface area contributed by atoms with Gasteiger partial charge < -0.3 is 10.0 Å². The largest absolute Gasteiger partial charge is 0.480 e. The number of hydrogen-bond acceptors (Lipinski definition) is 4. The van der Waals surface area contributed by atoms with Gasteiger partial charge in [0, 0.05) is 22.9 Å². The number of hydrogen-bond donors (Lipinski definition) is 1. The molecule has 6 heteroatoms. The first-order valence-electron chi connectivity index (χ1n) is 6.38. The second-order valence-electron chi connectivity index (χ2n) is 4.57. The molecule has 108 valence electrons. The van der Waals surface area contributed by atoms with E-state index in [-0.39, 0.29) is 5.91 Å². The van der Waals surface area contributed by atoms with Crippen molar-refractivity contribution in [3.05, 3.63) is 29.8 Å². The van der Waals surface area contributed by atoms with Crippen molar-refractivity contribution in [3.63, 3.8) is 0 Å². The number of carboxylic acid groups (broad SMARTS) is 1. The summed E-state index contributed by atoms with van der Waals surface area (Å²) in [5.41, 5.74) is 1.13. The Balaban J connectivity index is 1.97. The van der Waals surface area contributed by atoms with Gasteiger partial charge in [0.05, 0.1) is 5.75 Å². The number of thioether (sulfide) groups is 2. The van der Waals surface area contributed by atoms with Crippen LogP contribution in [-0.4, -0.2) is 51.7 Å². The van der Waals surface area contributed by atoms with Crippen molar-refractivity contribution in [2.75, 3.05) is 23.8 Å². The minimum absolute atomic E-state index is 0.0917. The van der Waals surface area contributed by atoms with E-state index in [1.54, 1.807) is 11.8 Å². The van der Waals surface area contributed by atoms with Crippen LogP contribution >= 0.6 is 23.5 Å². The highest BCUT2D eigenvalue weighted by Gasteiger charge is 2.32. The van der Waals surface area contributed by atoms with Crippen LogP contribution < -0.4 is 0 Å². The summed E-state index contributed by atoms with van der Waals surface area (Å²) in [6.45, 7) is 2.53. The fourth-order valence-electron chi connectivity index (χ4n) is 2.05. The molecule has 0 bridgehead atoms. The molecule has 1 amide bonds. The van der Waals surface area contributed by atoms with E-state index in [9.17, 15) is 14.7 Å². The van der Waals surface area contributed by atoms with Crippen LogP contribution in [0.15, 0.2) is 29.2 Å². The van der Waals surface area contributed by atoms with Crippen molar-refractivity contribution in [2.24, 2.45) is 0 Å². The third kappa shape index (κ3) is 3.70. The first kappa shape index (κ1) is 15.3.